The minimum atomic E-state index is -4.96. The van der Waals surface area contributed by atoms with Crippen molar-refractivity contribution in [1.82, 2.24) is 0 Å². The van der Waals surface area contributed by atoms with Crippen molar-refractivity contribution in [3.63, 3.8) is 0 Å². The van der Waals surface area contributed by atoms with Crippen molar-refractivity contribution in [2.45, 2.75) is 431 Å². The SMILES string of the molecule is CCCCCCCCCCCCCCCCCCCCCCCC(=O)O[C@H](COC(=O)CCCCCCCCCCCCCCCC)COP(=O)(O)OC[C@@H](O)COP(=O)(O)OC[C@@H](COC(=O)CCCCCCCCC)OC(=O)CCCCCCCCCCCCCCCC. The molecule has 5 atom stereocenters. The van der Waals surface area contributed by atoms with Crippen LogP contribution in [0.4, 0.5) is 0 Å². The third kappa shape index (κ3) is 70.5. The molecule has 96 heavy (non-hydrogen) atoms. The molecule has 0 radical (unpaired) electrons. The lowest BCUT2D eigenvalue weighted by atomic mass is 10.0. The number of phosphoric acid groups is 2. The largest absolute Gasteiger partial charge is 0.472 e. The Kier molecular flexibility index (Phi) is 70.0. The fourth-order valence-corrected chi connectivity index (χ4v) is 13.5. The van der Waals surface area contributed by atoms with E-state index in [4.69, 9.17) is 37.0 Å². The average Bonchev–Trinajstić information content (AvgIpc) is 2.57. The average molecular weight is 1410 g/mol. The number of rotatable bonds is 78. The molecule has 17 nitrogen and oxygen atoms in total. The van der Waals surface area contributed by atoms with Gasteiger partial charge in [-0.2, -0.15) is 0 Å². The molecular weight excluding hydrogens is 1260 g/mol. The number of phosphoric ester groups is 2. The van der Waals surface area contributed by atoms with Crippen LogP contribution >= 0.6 is 15.6 Å². The quantitative estimate of drug-likeness (QED) is 0.0222. The highest BCUT2D eigenvalue weighted by Crippen LogP contribution is 2.45. The number of unbranched alkanes of at least 4 members (excludes halogenated alkanes) is 52. The van der Waals surface area contributed by atoms with Crippen LogP contribution in [0.1, 0.15) is 413 Å². The minimum Gasteiger partial charge on any atom is -0.462 e. The van der Waals surface area contributed by atoms with Crippen molar-refractivity contribution in [2.24, 2.45) is 0 Å². The summed E-state index contributed by atoms with van der Waals surface area (Å²) in [5.41, 5.74) is 0. The van der Waals surface area contributed by atoms with E-state index in [9.17, 15) is 43.2 Å². The third-order valence-corrected chi connectivity index (χ3v) is 20.0. The molecule has 0 fully saturated rings. The topological polar surface area (TPSA) is 237 Å². The molecule has 0 saturated heterocycles. The van der Waals surface area contributed by atoms with Crippen molar-refractivity contribution in [3.05, 3.63) is 0 Å². The van der Waals surface area contributed by atoms with Gasteiger partial charge in [-0.3, -0.25) is 37.3 Å². The predicted molar refractivity (Wildman–Crippen MR) is 391 cm³/mol. The monoisotopic (exact) mass is 1410 g/mol. The number of hydrogen-bond acceptors (Lipinski definition) is 15. The molecule has 0 aromatic carbocycles. The van der Waals surface area contributed by atoms with E-state index in [-0.39, 0.29) is 25.7 Å². The molecule has 0 aromatic rings. The minimum absolute atomic E-state index is 0.108. The fraction of sp³-hybridized carbons (Fsp3) is 0.948. The standard InChI is InChI=1S/C77H150O17P2/c1-5-9-13-17-21-24-27-30-33-34-35-36-37-38-39-42-45-48-52-56-60-64-77(82)94-73(68-88-75(80)62-58-54-50-46-43-40-31-28-25-22-18-14-10-6-2)70-92-96(85,86)90-66-71(78)65-89-95(83,84)91-69-72(67-87-74(79)61-57-53-49-20-16-12-8-4)93-76(81)63-59-55-51-47-44-41-32-29-26-23-19-15-11-7-3/h71-73,78H,5-70H2,1-4H3,(H,83,84)(H,85,86)/t71-,72+,73+/m0/s1. The maximum Gasteiger partial charge on any atom is 0.472 e. The number of aliphatic hydroxyl groups is 1. The molecule has 0 spiro atoms. The molecule has 0 amide bonds. The zero-order valence-corrected chi connectivity index (χ0v) is 64.1. The Morgan fingerprint density at radius 3 is 0.615 bits per heavy atom. The number of esters is 4. The normalized spacial score (nSPS) is 13.9. The first-order chi connectivity index (χ1) is 46.7. The lowest BCUT2D eigenvalue weighted by molar-refractivity contribution is -0.161. The van der Waals surface area contributed by atoms with E-state index in [0.717, 1.165) is 103 Å². The predicted octanol–water partition coefficient (Wildman–Crippen LogP) is 23.0. The first-order valence-electron chi connectivity index (χ1n) is 40.3. The number of ether oxygens (including phenoxy) is 4. The van der Waals surface area contributed by atoms with Crippen LogP contribution in [-0.2, 0) is 65.4 Å². The van der Waals surface area contributed by atoms with Crippen LogP contribution in [-0.4, -0.2) is 96.7 Å². The van der Waals surface area contributed by atoms with Crippen LogP contribution in [0.3, 0.4) is 0 Å². The van der Waals surface area contributed by atoms with E-state index in [1.807, 2.05) is 0 Å². The molecule has 3 N–H and O–H groups in total. The first kappa shape index (κ1) is 94.1. The van der Waals surface area contributed by atoms with E-state index >= 15 is 0 Å². The van der Waals surface area contributed by atoms with E-state index in [0.29, 0.717) is 25.7 Å². The summed E-state index contributed by atoms with van der Waals surface area (Å²) in [5.74, 6) is -2.11. The van der Waals surface area contributed by atoms with Crippen LogP contribution in [0.15, 0.2) is 0 Å². The second-order valence-electron chi connectivity index (χ2n) is 27.7. The summed E-state index contributed by atoms with van der Waals surface area (Å²) >= 11 is 0. The molecule has 0 rings (SSSR count). The van der Waals surface area contributed by atoms with Gasteiger partial charge >= 0.3 is 39.5 Å². The molecule has 0 aliphatic heterocycles. The van der Waals surface area contributed by atoms with Crippen molar-refractivity contribution in [3.8, 4) is 0 Å². The summed E-state index contributed by atoms with van der Waals surface area (Å²) in [6.07, 6.45) is 62.6. The van der Waals surface area contributed by atoms with Crippen molar-refractivity contribution < 1.29 is 80.2 Å². The Hall–Kier alpha value is -1.94. The Labute approximate surface area is 588 Å². The van der Waals surface area contributed by atoms with Gasteiger partial charge in [0, 0.05) is 25.7 Å². The molecule has 0 aromatic heterocycles. The summed E-state index contributed by atoms with van der Waals surface area (Å²) in [6.45, 7) is 4.96. The Bertz CT molecular complexity index is 1830. The van der Waals surface area contributed by atoms with Gasteiger partial charge in [-0.15, -0.1) is 0 Å². The molecule has 570 valence electrons. The summed E-state index contributed by atoms with van der Waals surface area (Å²) in [6, 6.07) is 0. The molecule has 0 heterocycles. The van der Waals surface area contributed by atoms with Crippen LogP contribution in [0, 0.1) is 0 Å². The second-order valence-corrected chi connectivity index (χ2v) is 30.7. The summed E-state index contributed by atoms with van der Waals surface area (Å²) in [7, 11) is -9.90. The van der Waals surface area contributed by atoms with E-state index in [1.165, 1.54) is 231 Å². The molecule has 2 unspecified atom stereocenters. The lowest BCUT2D eigenvalue weighted by Gasteiger charge is -2.21. The number of aliphatic hydroxyl groups excluding tert-OH is 1. The summed E-state index contributed by atoms with van der Waals surface area (Å²) < 4.78 is 68.5. The lowest BCUT2D eigenvalue weighted by Crippen LogP contribution is -2.30. The van der Waals surface area contributed by atoms with Crippen molar-refractivity contribution in [1.29, 1.82) is 0 Å². The van der Waals surface area contributed by atoms with Crippen LogP contribution in [0.5, 0.6) is 0 Å². The summed E-state index contributed by atoms with van der Waals surface area (Å²) in [4.78, 5) is 72.7. The van der Waals surface area contributed by atoms with Crippen LogP contribution < -0.4 is 0 Å². The fourth-order valence-electron chi connectivity index (χ4n) is 11.9. The highest BCUT2D eigenvalue weighted by molar-refractivity contribution is 7.47. The zero-order valence-electron chi connectivity index (χ0n) is 62.4. The Morgan fingerprint density at radius 1 is 0.250 bits per heavy atom. The van der Waals surface area contributed by atoms with Gasteiger partial charge in [0.2, 0.25) is 0 Å². The van der Waals surface area contributed by atoms with E-state index in [1.54, 1.807) is 0 Å². The molecule has 0 aliphatic rings. The molecule has 0 bridgehead atoms. The highest BCUT2D eigenvalue weighted by Gasteiger charge is 2.30. The van der Waals surface area contributed by atoms with E-state index in [2.05, 4.69) is 27.7 Å². The Morgan fingerprint density at radius 2 is 0.417 bits per heavy atom. The Balaban J connectivity index is 5.16. The molecule has 0 saturated carbocycles. The maximum atomic E-state index is 13.1. The molecular formula is C77H150O17P2. The number of carbonyl (C=O) groups excluding carboxylic acids is 4. The van der Waals surface area contributed by atoms with Gasteiger partial charge in [0.15, 0.2) is 12.2 Å². The van der Waals surface area contributed by atoms with Gasteiger partial charge in [-0.25, -0.2) is 9.13 Å². The van der Waals surface area contributed by atoms with Gasteiger partial charge in [-0.1, -0.05) is 362 Å². The first-order valence-corrected chi connectivity index (χ1v) is 43.3. The highest BCUT2D eigenvalue weighted by atomic mass is 31.2. The van der Waals surface area contributed by atoms with Gasteiger partial charge in [0.05, 0.1) is 26.4 Å². The maximum absolute atomic E-state index is 13.1. The van der Waals surface area contributed by atoms with Crippen molar-refractivity contribution >= 4 is 39.5 Å². The van der Waals surface area contributed by atoms with Crippen LogP contribution in [0.2, 0.25) is 0 Å². The number of hydrogen-bond donors (Lipinski definition) is 3. The molecule has 19 heteroatoms. The van der Waals surface area contributed by atoms with E-state index < -0.39 is 97.5 Å². The van der Waals surface area contributed by atoms with Gasteiger partial charge in [-0.05, 0) is 25.7 Å². The second kappa shape index (κ2) is 71.5. The third-order valence-electron chi connectivity index (χ3n) is 18.1. The van der Waals surface area contributed by atoms with Gasteiger partial charge in [0.25, 0.3) is 0 Å². The number of carbonyl (C=O) groups is 4. The van der Waals surface area contributed by atoms with Crippen LogP contribution in [0.25, 0.3) is 0 Å². The van der Waals surface area contributed by atoms with Gasteiger partial charge < -0.3 is 33.8 Å². The summed E-state index contributed by atoms with van der Waals surface area (Å²) in [5, 5.41) is 10.6. The smallest absolute Gasteiger partial charge is 0.462 e. The van der Waals surface area contributed by atoms with Crippen molar-refractivity contribution in [2.75, 3.05) is 39.6 Å². The van der Waals surface area contributed by atoms with Gasteiger partial charge in [0.1, 0.15) is 19.3 Å². The zero-order chi connectivity index (χ0) is 70.4. The molecule has 0 aliphatic carbocycles.